The predicted octanol–water partition coefficient (Wildman–Crippen LogP) is 4.20. The summed E-state index contributed by atoms with van der Waals surface area (Å²) in [7, 11) is 1.35. The van der Waals surface area contributed by atoms with E-state index in [2.05, 4.69) is 5.32 Å². The summed E-state index contributed by atoms with van der Waals surface area (Å²) in [5.41, 5.74) is 1.74. The van der Waals surface area contributed by atoms with E-state index in [9.17, 15) is 29.3 Å². The molecule has 11 heteroatoms. The number of non-ortho nitro benzene ring substituents is 1. The quantitative estimate of drug-likeness (QED) is 0.120. The number of esters is 1. The van der Waals surface area contributed by atoms with Gasteiger partial charge in [-0.15, -0.1) is 0 Å². The van der Waals surface area contributed by atoms with Crippen LogP contribution in [0.25, 0.3) is 12.2 Å². The number of rotatable bonds is 7. The Hall–Kier alpha value is -5.58. The number of hydrogen-bond acceptors (Lipinski definition) is 8. The number of hydrogen-bond donors (Lipinski definition) is 1. The van der Waals surface area contributed by atoms with Crippen molar-refractivity contribution >= 4 is 47.3 Å². The summed E-state index contributed by atoms with van der Waals surface area (Å²) in [5.74, 6) is -2.14. The van der Waals surface area contributed by atoms with Gasteiger partial charge in [0.2, 0.25) is 0 Å². The molecule has 0 bridgehead atoms. The summed E-state index contributed by atoms with van der Waals surface area (Å²) >= 11 is 0. The zero-order chi connectivity index (χ0) is 28.1. The van der Waals surface area contributed by atoms with Crippen LogP contribution in [0.3, 0.4) is 0 Å². The molecule has 4 rings (SSSR count). The van der Waals surface area contributed by atoms with E-state index in [1.807, 2.05) is 13.0 Å². The number of nitrogens with zero attached hydrogens (tertiary/aromatic N) is 2. The molecule has 1 N–H and O–H groups in total. The first-order valence-electron chi connectivity index (χ1n) is 11.5. The minimum Gasteiger partial charge on any atom is -0.493 e. The lowest BCUT2D eigenvalue weighted by molar-refractivity contribution is -0.384. The molecule has 0 radical (unpaired) electrons. The molecule has 3 aromatic rings. The average molecular weight is 527 g/mol. The Morgan fingerprint density at radius 1 is 0.974 bits per heavy atom. The Labute approximate surface area is 222 Å². The van der Waals surface area contributed by atoms with Crippen molar-refractivity contribution in [1.29, 1.82) is 0 Å². The van der Waals surface area contributed by atoms with Crippen LogP contribution in [0, 0.1) is 17.0 Å². The maximum absolute atomic E-state index is 13.1. The van der Waals surface area contributed by atoms with Gasteiger partial charge in [-0.3, -0.25) is 25.0 Å². The van der Waals surface area contributed by atoms with Gasteiger partial charge in [-0.25, -0.2) is 14.5 Å². The lowest BCUT2D eigenvalue weighted by Crippen LogP contribution is -2.54. The second-order valence-corrected chi connectivity index (χ2v) is 8.31. The van der Waals surface area contributed by atoms with Crippen molar-refractivity contribution in [1.82, 2.24) is 5.32 Å². The van der Waals surface area contributed by atoms with Crippen LogP contribution < -0.4 is 19.7 Å². The van der Waals surface area contributed by atoms with Gasteiger partial charge in [0.15, 0.2) is 11.5 Å². The molecule has 0 aromatic heterocycles. The molecule has 0 aliphatic carbocycles. The highest BCUT2D eigenvalue weighted by Gasteiger charge is 2.36. The van der Waals surface area contributed by atoms with Crippen LogP contribution in [0.4, 0.5) is 16.2 Å². The summed E-state index contributed by atoms with van der Waals surface area (Å²) in [4.78, 5) is 61.4. The smallest absolute Gasteiger partial charge is 0.336 e. The maximum atomic E-state index is 13.1. The highest BCUT2D eigenvalue weighted by atomic mass is 16.6. The number of carbonyl (C=O) groups is 4. The normalized spacial score (nSPS) is 14.5. The number of barbiturate groups is 1. The summed E-state index contributed by atoms with van der Waals surface area (Å²) in [6.07, 6.45) is 3.89. The van der Waals surface area contributed by atoms with Crippen molar-refractivity contribution in [2.24, 2.45) is 0 Å². The summed E-state index contributed by atoms with van der Waals surface area (Å²) in [6, 6.07) is 15.9. The van der Waals surface area contributed by atoms with Gasteiger partial charge in [0.05, 0.1) is 17.7 Å². The van der Waals surface area contributed by atoms with Gasteiger partial charge in [-0.1, -0.05) is 18.2 Å². The molecule has 11 nitrogen and oxygen atoms in total. The molecule has 1 heterocycles. The van der Waals surface area contributed by atoms with Gasteiger partial charge in [0.25, 0.3) is 17.5 Å². The molecule has 4 amide bonds. The van der Waals surface area contributed by atoms with E-state index >= 15 is 0 Å². The number of imide groups is 2. The molecular weight excluding hydrogens is 506 g/mol. The zero-order valence-electron chi connectivity index (χ0n) is 20.7. The first-order chi connectivity index (χ1) is 18.7. The number of ether oxygens (including phenoxy) is 2. The van der Waals surface area contributed by atoms with E-state index in [4.69, 9.17) is 9.47 Å². The summed E-state index contributed by atoms with van der Waals surface area (Å²) < 4.78 is 10.6. The fourth-order valence-electron chi connectivity index (χ4n) is 3.70. The van der Waals surface area contributed by atoms with Crippen molar-refractivity contribution in [2.75, 3.05) is 12.0 Å². The van der Waals surface area contributed by atoms with Gasteiger partial charge in [-0.05, 0) is 72.2 Å². The Morgan fingerprint density at radius 2 is 1.69 bits per heavy atom. The highest BCUT2D eigenvalue weighted by molar-refractivity contribution is 6.39. The van der Waals surface area contributed by atoms with E-state index in [1.54, 1.807) is 18.2 Å². The summed E-state index contributed by atoms with van der Waals surface area (Å²) in [6.45, 7) is 1.81. The number of methoxy groups -OCH3 is 1. The van der Waals surface area contributed by atoms with Gasteiger partial charge in [0.1, 0.15) is 5.57 Å². The number of carbonyl (C=O) groups excluding carboxylic acids is 4. The van der Waals surface area contributed by atoms with Gasteiger partial charge in [0, 0.05) is 18.2 Å². The molecule has 1 saturated heterocycles. The van der Waals surface area contributed by atoms with Crippen LogP contribution in [0.15, 0.2) is 78.4 Å². The third-order valence-corrected chi connectivity index (χ3v) is 5.59. The first-order valence-corrected chi connectivity index (χ1v) is 11.5. The van der Waals surface area contributed by atoms with E-state index in [-0.39, 0.29) is 22.8 Å². The van der Waals surface area contributed by atoms with E-state index < -0.39 is 28.7 Å². The van der Waals surface area contributed by atoms with Gasteiger partial charge < -0.3 is 9.47 Å². The van der Waals surface area contributed by atoms with E-state index in [0.29, 0.717) is 16.8 Å². The van der Waals surface area contributed by atoms with E-state index in [1.165, 1.54) is 61.7 Å². The Morgan fingerprint density at radius 3 is 2.36 bits per heavy atom. The molecule has 39 heavy (non-hydrogen) atoms. The number of nitrogens with one attached hydrogen (secondary N) is 1. The zero-order valence-corrected chi connectivity index (χ0v) is 20.7. The fraction of sp³-hybridized carbons (Fsp3) is 0.0714. The Bertz CT molecular complexity index is 1560. The van der Waals surface area contributed by atoms with Crippen molar-refractivity contribution in [3.8, 4) is 11.5 Å². The number of nitro groups is 1. The molecule has 3 aromatic carbocycles. The molecule has 196 valence electrons. The van der Waals surface area contributed by atoms with Crippen LogP contribution >= 0.6 is 0 Å². The Kier molecular flexibility index (Phi) is 7.62. The van der Waals surface area contributed by atoms with Crippen molar-refractivity contribution in [3.63, 3.8) is 0 Å². The predicted molar refractivity (Wildman–Crippen MR) is 141 cm³/mol. The topological polar surface area (TPSA) is 145 Å². The molecule has 0 saturated carbocycles. The first kappa shape index (κ1) is 26.5. The van der Waals surface area contributed by atoms with Crippen molar-refractivity contribution in [3.05, 3.63) is 105 Å². The third-order valence-electron chi connectivity index (χ3n) is 5.59. The fourth-order valence-corrected chi connectivity index (χ4v) is 3.70. The molecule has 0 unspecified atom stereocenters. The van der Waals surface area contributed by atoms with Crippen LogP contribution in [-0.4, -0.2) is 35.8 Å². The van der Waals surface area contributed by atoms with Crippen LogP contribution in [-0.2, 0) is 14.4 Å². The van der Waals surface area contributed by atoms with E-state index in [0.717, 1.165) is 16.5 Å². The maximum Gasteiger partial charge on any atom is 0.336 e. The number of urea groups is 1. The number of benzene rings is 3. The molecule has 1 fully saturated rings. The molecular formula is C28H21N3O8. The van der Waals surface area contributed by atoms with Crippen LogP contribution in [0.5, 0.6) is 11.5 Å². The molecule has 0 atom stereocenters. The Balaban J connectivity index is 1.53. The standard InChI is InChI=1S/C28H21N3O8/c1-17-4-3-5-21(14-17)30-27(34)22(26(33)29-28(30)35)15-19-8-12-23(24(16-19)38-2)39-25(32)13-9-18-6-10-20(11-7-18)31(36)37/h3-16H,1-2H3,(H,29,33,35)/b13-9+,22-15+. The second-order valence-electron chi connectivity index (χ2n) is 8.31. The van der Waals surface area contributed by atoms with Crippen LogP contribution in [0.2, 0.25) is 0 Å². The van der Waals surface area contributed by atoms with Crippen LogP contribution in [0.1, 0.15) is 16.7 Å². The summed E-state index contributed by atoms with van der Waals surface area (Å²) in [5, 5.41) is 12.9. The molecule has 1 aliphatic rings. The third kappa shape index (κ3) is 6.05. The monoisotopic (exact) mass is 527 g/mol. The molecule has 0 spiro atoms. The minimum absolute atomic E-state index is 0.0728. The largest absolute Gasteiger partial charge is 0.493 e. The average Bonchev–Trinajstić information content (AvgIpc) is 2.90. The minimum atomic E-state index is -0.852. The van der Waals surface area contributed by atoms with Gasteiger partial charge in [-0.2, -0.15) is 0 Å². The SMILES string of the molecule is COc1cc(/C=C2\C(=O)NC(=O)N(c3cccc(C)c3)C2=O)ccc1OC(=O)/C=C/c1ccc([N+](=O)[O-])cc1. The number of nitro benzene ring substituents is 1. The van der Waals surface area contributed by atoms with Crippen molar-refractivity contribution < 1.29 is 33.6 Å². The number of anilines is 1. The molecule has 1 aliphatic heterocycles. The number of aryl methyl sites for hydroxylation is 1. The van der Waals surface area contributed by atoms with Crippen molar-refractivity contribution in [2.45, 2.75) is 6.92 Å². The lowest BCUT2D eigenvalue weighted by atomic mass is 10.1. The second kappa shape index (κ2) is 11.2. The van der Waals surface area contributed by atoms with Gasteiger partial charge >= 0.3 is 12.0 Å². The lowest BCUT2D eigenvalue weighted by Gasteiger charge is -2.26. The highest BCUT2D eigenvalue weighted by Crippen LogP contribution is 2.30. The number of amides is 4.